The molecule has 19 heavy (non-hydrogen) atoms. The number of hydrogen-bond donors (Lipinski definition) is 2. The van der Waals surface area contributed by atoms with Crippen molar-refractivity contribution in [2.24, 2.45) is 11.1 Å². The number of nitrogens with one attached hydrogen (secondary N) is 1. The Labute approximate surface area is 115 Å². The molecule has 5 nitrogen and oxygen atoms in total. The van der Waals surface area contributed by atoms with Crippen LogP contribution in [0.2, 0.25) is 0 Å². The quantitative estimate of drug-likeness (QED) is 0.781. The molecule has 3 N–H and O–H groups in total. The van der Waals surface area contributed by atoms with Gasteiger partial charge in [0.15, 0.2) is 0 Å². The fourth-order valence-corrected chi connectivity index (χ4v) is 2.14. The second-order valence-electron chi connectivity index (χ2n) is 7.43. The monoisotopic (exact) mass is 269 g/mol. The fourth-order valence-electron chi connectivity index (χ4n) is 2.14. The largest absolute Gasteiger partial charge is 0.350 e. The van der Waals surface area contributed by atoms with Gasteiger partial charge >= 0.3 is 0 Å². The number of nitrogens with zero attached hydrogens (tertiary/aromatic N) is 1. The molecule has 0 aliphatic carbocycles. The third kappa shape index (κ3) is 3.93. The SMILES string of the molecule is CC(C)(C)[C@H](N)C(=O)NC1CC(=O)N(C(C)(C)C)C1. The molecule has 2 amide bonds. The van der Waals surface area contributed by atoms with E-state index in [-0.39, 0.29) is 28.8 Å². The van der Waals surface area contributed by atoms with E-state index in [1.165, 1.54) is 0 Å². The van der Waals surface area contributed by atoms with Gasteiger partial charge in [0.2, 0.25) is 11.8 Å². The Morgan fingerprint density at radius 1 is 1.32 bits per heavy atom. The van der Waals surface area contributed by atoms with Crippen molar-refractivity contribution in [1.82, 2.24) is 10.2 Å². The van der Waals surface area contributed by atoms with Crippen molar-refractivity contribution in [2.45, 2.75) is 65.6 Å². The molecule has 0 aromatic heterocycles. The van der Waals surface area contributed by atoms with Crippen LogP contribution in [0.3, 0.4) is 0 Å². The molecule has 0 spiro atoms. The number of amides is 2. The molecule has 5 heteroatoms. The van der Waals surface area contributed by atoms with Crippen LogP contribution in [0.5, 0.6) is 0 Å². The number of carbonyl (C=O) groups is 2. The fraction of sp³-hybridized carbons (Fsp3) is 0.857. The first-order valence-electron chi connectivity index (χ1n) is 6.79. The molecule has 0 aromatic carbocycles. The highest BCUT2D eigenvalue weighted by Crippen LogP contribution is 2.23. The van der Waals surface area contributed by atoms with E-state index in [2.05, 4.69) is 5.32 Å². The van der Waals surface area contributed by atoms with Gasteiger partial charge < -0.3 is 16.0 Å². The summed E-state index contributed by atoms with van der Waals surface area (Å²) in [5, 5.41) is 2.89. The highest BCUT2D eigenvalue weighted by atomic mass is 16.2. The first kappa shape index (κ1) is 16.0. The summed E-state index contributed by atoms with van der Waals surface area (Å²) in [6, 6.07) is -0.695. The van der Waals surface area contributed by atoms with Gasteiger partial charge in [0.05, 0.1) is 12.1 Å². The summed E-state index contributed by atoms with van der Waals surface area (Å²) in [5.41, 5.74) is 5.43. The first-order chi connectivity index (χ1) is 8.43. The first-order valence-corrected chi connectivity index (χ1v) is 6.79. The average Bonchev–Trinajstić information content (AvgIpc) is 2.56. The Bertz CT molecular complexity index is 366. The summed E-state index contributed by atoms with van der Waals surface area (Å²) in [6.45, 7) is 12.3. The molecule has 1 fully saturated rings. The highest BCUT2D eigenvalue weighted by molar-refractivity contribution is 5.85. The Morgan fingerprint density at radius 2 is 1.84 bits per heavy atom. The molecule has 0 bridgehead atoms. The summed E-state index contributed by atoms with van der Waals surface area (Å²) < 4.78 is 0. The van der Waals surface area contributed by atoms with Gasteiger partial charge in [0.25, 0.3) is 0 Å². The van der Waals surface area contributed by atoms with Gasteiger partial charge in [-0.25, -0.2) is 0 Å². The Morgan fingerprint density at radius 3 is 2.21 bits per heavy atom. The number of rotatable bonds is 2. The van der Waals surface area contributed by atoms with Gasteiger partial charge in [0, 0.05) is 18.5 Å². The second-order valence-corrected chi connectivity index (χ2v) is 7.43. The van der Waals surface area contributed by atoms with Crippen LogP contribution >= 0.6 is 0 Å². The Kier molecular flexibility index (Phi) is 4.30. The zero-order valence-electron chi connectivity index (χ0n) is 12.9. The van der Waals surface area contributed by atoms with Crippen LogP contribution in [0.25, 0.3) is 0 Å². The van der Waals surface area contributed by atoms with Gasteiger partial charge in [-0.15, -0.1) is 0 Å². The minimum absolute atomic E-state index is 0.0853. The lowest BCUT2D eigenvalue weighted by Gasteiger charge is -2.32. The molecule has 0 radical (unpaired) electrons. The number of carbonyl (C=O) groups excluding carboxylic acids is 2. The summed E-state index contributed by atoms with van der Waals surface area (Å²) in [4.78, 5) is 25.8. The summed E-state index contributed by atoms with van der Waals surface area (Å²) in [6.07, 6.45) is 0.361. The molecule has 1 aliphatic heterocycles. The number of likely N-dealkylation sites (tertiary alicyclic amines) is 1. The van der Waals surface area contributed by atoms with Crippen molar-refractivity contribution in [1.29, 1.82) is 0 Å². The van der Waals surface area contributed by atoms with Crippen LogP contribution in [0.1, 0.15) is 48.0 Å². The topological polar surface area (TPSA) is 75.4 Å². The summed E-state index contributed by atoms with van der Waals surface area (Å²) in [7, 11) is 0. The molecule has 0 aromatic rings. The van der Waals surface area contributed by atoms with Crippen LogP contribution in [0.4, 0.5) is 0 Å². The Hall–Kier alpha value is -1.10. The number of nitrogens with two attached hydrogens (primary N) is 1. The van der Waals surface area contributed by atoms with E-state index in [0.717, 1.165) is 0 Å². The van der Waals surface area contributed by atoms with E-state index >= 15 is 0 Å². The predicted molar refractivity (Wildman–Crippen MR) is 75.4 cm³/mol. The predicted octanol–water partition coefficient (Wildman–Crippen LogP) is 0.875. The van der Waals surface area contributed by atoms with Gasteiger partial charge in [-0.05, 0) is 26.2 Å². The van der Waals surface area contributed by atoms with Crippen molar-refractivity contribution in [2.75, 3.05) is 6.54 Å². The van der Waals surface area contributed by atoms with Gasteiger partial charge in [0.1, 0.15) is 0 Å². The Balaban J connectivity index is 2.62. The van der Waals surface area contributed by atoms with E-state index < -0.39 is 6.04 Å². The molecule has 1 aliphatic rings. The smallest absolute Gasteiger partial charge is 0.237 e. The molecule has 2 atom stereocenters. The van der Waals surface area contributed by atoms with Crippen molar-refractivity contribution in [3.8, 4) is 0 Å². The van der Waals surface area contributed by atoms with Crippen LogP contribution in [0.15, 0.2) is 0 Å². The zero-order valence-corrected chi connectivity index (χ0v) is 12.9. The molecule has 0 saturated carbocycles. The molecule has 1 heterocycles. The van der Waals surface area contributed by atoms with Crippen LogP contribution in [0, 0.1) is 5.41 Å². The molecular formula is C14H27N3O2. The van der Waals surface area contributed by atoms with E-state index in [1.54, 1.807) is 4.90 Å². The summed E-state index contributed by atoms with van der Waals surface area (Å²) >= 11 is 0. The highest BCUT2D eigenvalue weighted by Gasteiger charge is 2.38. The minimum atomic E-state index is -0.564. The summed E-state index contributed by atoms with van der Waals surface area (Å²) in [5.74, 6) is -0.0943. The number of hydrogen-bond acceptors (Lipinski definition) is 3. The lowest BCUT2D eigenvalue weighted by Crippen LogP contribution is -2.52. The van der Waals surface area contributed by atoms with E-state index in [1.807, 2.05) is 41.5 Å². The van der Waals surface area contributed by atoms with Crippen molar-refractivity contribution >= 4 is 11.8 Å². The average molecular weight is 269 g/mol. The zero-order chi connectivity index (χ0) is 15.0. The minimum Gasteiger partial charge on any atom is -0.350 e. The van der Waals surface area contributed by atoms with Gasteiger partial charge in [-0.2, -0.15) is 0 Å². The van der Waals surface area contributed by atoms with Crippen LogP contribution in [-0.2, 0) is 9.59 Å². The lowest BCUT2D eigenvalue weighted by atomic mass is 9.87. The normalized spacial score (nSPS) is 22.6. The van der Waals surface area contributed by atoms with E-state index in [0.29, 0.717) is 13.0 Å². The standard InChI is InChI=1S/C14H27N3O2/c1-13(2,3)11(15)12(19)16-9-7-10(18)17(8-9)14(4,5)6/h9,11H,7-8,15H2,1-6H3,(H,16,19)/t9?,11-/m1/s1. The molecule has 1 rings (SSSR count). The van der Waals surface area contributed by atoms with Gasteiger partial charge in [-0.3, -0.25) is 9.59 Å². The van der Waals surface area contributed by atoms with E-state index in [9.17, 15) is 9.59 Å². The third-order valence-electron chi connectivity index (χ3n) is 3.50. The lowest BCUT2D eigenvalue weighted by molar-refractivity contribution is -0.131. The maximum atomic E-state index is 12.0. The van der Waals surface area contributed by atoms with Crippen molar-refractivity contribution < 1.29 is 9.59 Å². The third-order valence-corrected chi connectivity index (χ3v) is 3.50. The molecular weight excluding hydrogens is 242 g/mol. The van der Waals surface area contributed by atoms with E-state index in [4.69, 9.17) is 5.73 Å². The molecule has 110 valence electrons. The maximum absolute atomic E-state index is 12.0. The molecule has 1 saturated heterocycles. The van der Waals surface area contributed by atoms with Crippen LogP contribution in [-0.4, -0.2) is 40.9 Å². The molecule has 1 unspecified atom stereocenters. The van der Waals surface area contributed by atoms with Crippen LogP contribution < -0.4 is 11.1 Å². The van der Waals surface area contributed by atoms with Crippen molar-refractivity contribution in [3.05, 3.63) is 0 Å². The van der Waals surface area contributed by atoms with Gasteiger partial charge in [-0.1, -0.05) is 20.8 Å². The maximum Gasteiger partial charge on any atom is 0.237 e. The van der Waals surface area contributed by atoms with Crippen molar-refractivity contribution in [3.63, 3.8) is 0 Å². The second kappa shape index (κ2) is 5.12.